The van der Waals surface area contributed by atoms with Gasteiger partial charge in [0.05, 0.1) is 5.56 Å². The first kappa shape index (κ1) is 15.2. The lowest BCUT2D eigenvalue weighted by Gasteiger charge is -2.09. The summed E-state index contributed by atoms with van der Waals surface area (Å²) in [7, 11) is 0. The van der Waals surface area contributed by atoms with Gasteiger partial charge in [-0.1, -0.05) is 24.4 Å². The van der Waals surface area contributed by atoms with Crippen LogP contribution in [0, 0.1) is 0 Å². The number of nitrogens with two attached hydrogens (primary N) is 1. The summed E-state index contributed by atoms with van der Waals surface area (Å²) in [4.78, 5) is 8.20. The number of hydrogen-bond donors (Lipinski definition) is 2. The van der Waals surface area contributed by atoms with Crippen LogP contribution in [0.3, 0.4) is 0 Å². The topological polar surface area (TPSA) is 63.8 Å². The van der Waals surface area contributed by atoms with E-state index in [9.17, 15) is 13.2 Å². The van der Waals surface area contributed by atoms with E-state index in [1.54, 1.807) is 6.07 Å². The number of nitrogens with zero attached hydrogens (tertiary/aromatic N) is 2. The number of hydrogen-bond acceptors (Lipinski definition) is 4. The highest BCUT2D eigenvalue weighted by molar-refractivity contribution is 7.80. The maximum atomic E-state index is 12.4. The van der Waals surface area contributed by atoms with Gasteiger partial charge in [0.1, 0.15) is 10.7 Å². The monoisotopic (exact) mass is 312 g/mol. The van der Waals surface area contributed by atoms with Gasteiger partial charge in [-0.3, -0.25) is 0 Å². The summed E-state index contributed by atoms with van der Waals surface area (Å²) in [6, 6.07) is 6.43. The minimum Gasteiger partial charge on any atom is -0.388 e. The van der Waals surface area contributed by atoms with Gasteiger partial charge < -0.3 is 11.1 Å². The molecule has 0 amide bonds. The van der Waals surface area contributed by atoms with Gasteiger partial charge >= 0.3 is 6.18 Å². The van der Waals surface area contributed by atoms with E-state index in [0.717, 1.165) is 12.1 Å². The summed E-state index contributed by atoms with van der Waals surface area (Å²) in [5, 5.41) is 2.90. The molecule has 3 N–H and O–H groups in total. The van der Waals surface area contributed by atoms with Gasteiger partial charge in [-0.15, -0.1) is 0 Å². The normalized spacial score (nSPS) is 11.2. The Morgan fingerprint density at radius 1 is 1.19 bits per heavy atom. The molecule has 1 aromatic heterocycles. The summed E-state index contributed by atoms with van der Waals surface area (Å²) in [5.41, 5.74) is 5.87. The highest BCUT2D eigenvalue weighted by Gasteiger charge is 2.29. The summed E-state index contributed by atoms with van der Waals surface area (Å²) in [6.45, 7) is 0.291. The van der Waals surface area contributed by atoms with Gasteiger partial charge in [-0.25, -0.2) is 9.97 Å². The molecule has 0 spiro atoms. The van der Waals surface area contributed by atoms with Crippen LogP contribution in [0.5, 0.6) is 0 Å². The molecule has 0 aliphatic carbocycles. The maximum absolute atomic E-state index is 12.4. The second-order valence-corrected chi connectivity index (χ2v) is 4.62. The summed E-state index contributed by atoms with van der Waals surface area (Å²) in [5.74, 6) is 0.306. The molecule has 21 heavy (non-hydrogen) atoms. The Bertz CT molecular complexity index is 641. The first-order valence-corrected chi connectivity index (χ1v) is 6.30. The average Bonchev–Trinajstić information content (AvgIpc) is 2.45. The Morgan fingerprint density at radius 3 is 2.43 bits per heavy atom. The van der Waals surface area contributed by atoms with Crippen molar-refractivity contribution >= 4 is 23.2 Å². The van der Waals surface area contributed by atoms with Crippen LogP contribution in [0.25, 0.3) is 0 Å². The third-order valence-corrected chi connectivity index (χ3v) is 2.85. The van der Waals surface area contributed by atoms with Crippen LogP contribution in [0.4, 0.5) is 19.1 Å². The van der Waals surface area contributed by atoms with E-state index in [1.807, 2.05) is 0 Å². The SMILES string of the molecule is NC(=S)c1ccnc(NCc2ccc(C(F)(F)F)cc2)n1. The molecule has 0 unspecified atom stereocenters. The fraction of sp³-hybridized carbons (Fsp3) is 0.154. The lowest BCUT2D eigenvalue weighted by molar-refractivity contribution is -0.137. The smallest absolute Gasteiger partial charge is 0.388 e. The lowest BCUT2D eigenvalue weighted by atomic mass is 10.1. The quantitative estimate of drug-likeness (QED) is 0.850. The Morgan fingerprint density at radius 2 is 1.86 bits per heavy atom. The molecule has 0 fully saturated rings. The fourth-order valence-corrected chi connectivity index (χ4v) is 1.69. The number of nitrogens with one attached hydrogen (secondary N) is 1. The van der Waals surface area contributed by atoms with Crippen molar-refractivity contribution in [1.29, 1.82) is 0 Å². The van der Waals surface area contributed by atoms with Gasteiger partial charge in [-0.05, 0) is 23.8 Å². The van der Waals surface area contributed by atoms with E-state index in [-0.39, 0.29) is 4.99 Å². The first-order chi connectivity index (χ1) is 9.86. The third kappa shape index (κ3) is 4.12. The number of rotatable bonds is 4. The standard InChI is InChI=1S/C13H11F3N4S/c14-13(15,16)9-3-1-8(2-4-9)7-19-12-18-6-5-10(20-12)11(17)21/h1-6H,7H2,(H2,17,21)(H,18,19,20). The molecule has 0 aliphatic rings. The molecule has 4 nitrogen and oxygen atoms in total. The predicted molar refractivity (Wildman–Crippen MR) is 76.7 cm³/mol. The van der Waals surface area contributed by atoms with Crippen LogP contribution in [-0.2, 0) is 12.7 Å². The van der Waals surface area contributed by atoms with Gasteiger partial charge in [-0.2, -0.15) is 13.2 Å². The average molecular weight is 312 g/mol. The van der Waals surface area contributed by atoms with Crippen LogP contribution in [0.15, 0.2) is 36.5 Å². The van der Waals surface area contributed by atoms with Gasteiger partial charge in [0.15, 0.2) is 0 Å². The Labute approximate surface area is 124 Å². The molecular formula is C13H11F3N4S. The molecule has 1 heterocycles. The van der Waals surface area contributed by atoms with Crippen LogP contribution in [0.1, 0.15) is 16.8 Å². The molecule has 0 atom stereocenters. The minimum atomic E-state index is -4.33. The van der Waals surface area contributed by atoms with Crippen molar-refractivity contribution in [3.05, 3.63) is 53.3 Å². The Kier molecular flexibility index (Phi) is 4.37. The summed E-state index contributed by atoms with van der Waals surface area (Å²) >= 11 is 4.80. The van der Waals surface area contributed by atoms with E-state index in [0.29, 0.717) is 23.8 Å². The second-order valence-electron chi connectivity index (χ2n) is 4.18. The lowest BCUT2D eigenvalue weighted by Crippen LogP contribution is -2.13. The Hall–Kier alpha value is -2.22. The van der Waals surface area contributed by atoms with E-state index in [1.165, 1.54) is 18.3 Å². The second kappa shape index (κ2) is 6.04. The van der Waals surface area contributed by atoms with Crippen molar-refractivity contribution in [3.63, 3.8) is 0 Å². The molecule has 2 aromatic rings. The molecule has 1 aromatic carbocycles. The first-order valence-electron chi connectivity index (χ1n) is 5.89. The van der Waals surface area contributed by atoms with Crippen molar-refractivity contribution in [3.8, 4) is 0 Å². The zero-order valence-corrected chi connectivity index (χ0v) is 11.5. The van der Waals surface area contributed by atoms with E-state index in [2.05, 4.69) is 15.3 Å². The minimum absolute atomic E-state index is 0.148. The highest BCUT2D eigenvalue weighted by atomic mass is 32.1. The van der Waals surface area contributed by atoms with E-state index < -0.39 is 11.7 Å². The van der Waals surface area contributed by atoms with Gasteiger partial charge in [0, 0.05) is 12.7 Å². The molecular weight excluding hydrogens is 301 g/mol. The summed E-state index contributed by atoms with van der Waals surface area (Å²) < 4.78 is 37.3. The Balaban J connectivity index is 2.03. The van der Waals surface area contributed by atoms with Crippen LogP contribution >= 0.6 is 12.2 Å². The van der Waals surface area contributed by atoms with Crippen molar-refractivity contribution in [2.75, 3.05) is 5.32 Å². The van der Waals surface area contributed by atoms with Crippen LogP contribution < -0.4 is 11.1 Å². The van der Waals surface area contributed by atoms with Crippen molar-refractivity contribution in [2.24, 2.45) is 5.73 Å². The molecule has 0 bridgehead atoms. The van der Waals surface area contributed by atoms with E-state index in [4.69, 9.17) is 18.0 Å². The highest BCUT2D eigenvalue weighted by Crippen LogP contribution is 2.29. The van der Waals surface area contributed by atoms with Crippen LogP contribution in [0.2, 0.25) is 0 Å². The molecule has 110 valence electrons. The van der Waals surface area contributed by atoms with Crippen molar-refractivity contribution in [1.82, 2.24) is 9.97 Å². The molecule has 0 saturated heterocycles. The number of anilines is 1. The predicted octanol–water partition coefficient (Wildman–Crippen LogP) is 2.74. The van der Waals surface area contributed by atoms with Crippen molar-refractivity contribution in [2.45, 2.75) is 12.7 Å². The molecule has 0 radical (unpaired) electrons. The van der Waals surface area contributed by atoms with E-state index >= 15 is 0 Å². The fourth-order valence-electron chi connectivity index (χ4n) is 1.57. The molecule has 2 rings (SSSR count). The van der Waals surface area contributed by atoms with Crippen LogP contribution in [-0.4, -0.2) is 15.0 Å². The third-order valence-electron chi connectivity index (χ3n) is 2.64. The largest absolute Gasteiger partial charge is 0.416 e. The number of alkyl halides is 3. The number of halogens is 3. The van der Waals surface area contributed by atoms with Crippen molar-refractivity contribution < 1.29 is 13.2 Å². The summed E-state index contributed by atoms with van der Waals surface area (Å²) in [6.07, 6.45) is -2.84. The zero-order valence-electron chi connectivity index (χ0n) is 10.7. The van der Waals surface area contributed by atoms with Gasteiger partial charge in [0.25, 0.3) is 0 Å². The number of benzene rings is 1. The molecule has 8 heteroatoms. The molecule has 0 saturated carbocycles. The number of aromatic nitrogens is 2. The maximum Gasteiger partial charge on any atom is 0.416 e. The molecule has 0 aliphatic heterocycles. The van der Waals surface area contributed by atoms with Gasteiger partial charge in [0.2, 0.25) is 5.95 Å². The zero-order chi connectivity index (χ0) is 15.5. The number of thiocarbonyl (C=S) groups is 1.